The predicted molar refractivity (Wildman–Crippen MR) is 139 cm³/mol. The van der Waals surface area contributed by atoms with Crippen LogP contribution in [-0.2, 0) is 6.54 Å². The Bertz CT molecular complexity index is 1750. The minimum absolute atomic E-state index is 0.0849. The average Bonchev–Trinajstić information content (AvgIpc) is 3.41. The monoisotopic (exact) mass is 547 g/mol. The van der Waals surface area contributed by atoms with Crippen LogP contribution in [0.3, 0.4) is 0 Å². The summed E-state index contributed by atoms with van der Waals surface area (Å²) >= 11 is 0. The van der Waals surface area contributed by atoms with Crippen LogP contribution in [0.5, 0.6) is 11.5 Å². The number of aromatic nitrogens is 4. The van der Waals surface area contributed by atoms with Crippen LogP contribution in [-0.4, -0.2) is 37.0 Å². The summed E-state index contributed by atoms with van der Waals surface area (Å²) in [4.78, 5) is 29.9. The smallest absolute Gasteiger partial charge is 0.267 e. The van der Waals surface area contributed by atoms with Crippen molar-refractivity contribution in [3.63, 3.8) is 0 Å². The Morgan fingerprint density at radius 3 is 2.60 bits per heavy atom. The Morgan fingerprint density at radius 1 is 1.02 bits per heavy atom. The number of anilines is 1. The summed E-state index contributed by atoms with van der Waals surface area (Å²) < 4.78 is 51.2. The number of nitrogens with one attached hydrogen (secondary N) is 1. The van der Waals surface area contributed by atoms with E-state index in [0.29, 0.717) is 23.5 Å². The summed E-state index contributed by atoms with van der Waals surface area (Å²) in [7, 11) is 0. The molecule has 0 unspecified atom stereocenters. The van der Waals surface area contributed by atoms with Gasteiger partial charge in [0, 0.05) is 48.0 Å². The van der Waals surface area contributed by atoms with E-state index in [1.54, 1.807) is 12.4 Å². The number of carbonyl (C=O) groups excluding carboxylic acids is 1. The van der Waals surface area contributed by atoms with Gasteiger partial charge in [-0.25, -0.2) is 13.2 Å². The molecule has 12 heteroatoms. The van der Waals surface area contributed by atoms with Crippen molar-refractivity contribution in [3.8, 4) is 28.4 Å². The third kappa shape index (κ3) is 5.61. The van der Waals surface area contributed by atoms with Crippen LogP contribution in [0.4, 0.5) is 18.9 Å². The lowest BCUT2D eigenvalue weighted by atomic mass is 10.2. The number of amides is 1. The molecule has 0 aliphatic heterocycles. The number of pyridine rings is 2. The van der Waals surface area contributed by atoms with Crippen molar-refractivity contribution in [2.24, 2.45) is 0 Å². The SMILES string of the molecule is O=C(Nc1cc(F)c(Oc2ccnc(-c3cnn(CCO)c3)c2)cc1F)c1cccn(-c2ccc(F)cc2)c1=O. The van der Waals surface area contributed by atoms with Crippen LogP contribution in [0.2, 0.25) is 0 Å². The number of aliphatic hydroxyl groups is 1. The maximum Gasteiger partial charge on any atom is 0.267 e. The van der Waals surface area contributed by atoms with Crippen molar-refractivity contribution in [3.05, 3.63) is 119 Å². The highest BCUT2D eigenvalue weighted by Crippen LogP contribution is 2.31. The first-order chi connectivity index (χ1) is 19.3. The van der Waals surface area contributed by atoms with Gasteiger partial charge in [-0.05, 0) is 42.5 Å². The van der Waals surface area contributed by atoms with Gasteiger partial charge in [0.1, 0.15) is 17.1 Å². The number of hydrogen-bond acceptors (Lipinski definition) is 6. The fourth-order valence-electron chi connectivity index (χ4n) is 3.84. The van der Waals surface area contributed by atoms with Crippen molar-refractivity contribution in [1.82, 2.24) is 19.3 Å². The zero-order valence-corrected chi connectivity index (χ0v) is 20.6. The van der Waals surface area contributed by atoms with Gasteiger partial charge in [-0.15, -0.1) is 0 Å². The number of benzene rings is 2. The number of halogens is 3. The van der Waals surface area contributed by atoms with E-state index >= 15 is 0 Å². The molecule has 0 saturated carbocycles. The normalized spacial score (nSPS) is 10.9. The van der Waals surface area contributed by atoms with E-state index in [1.807, 2.05) is 0 Å². The van der Waals surface area contributed by atoms with Gasteiger partial charge < -0.3 is 15.2 Å². The predicted octanol–water partition coefficient (Wildman–Crippen LogP) is 4.55. The molecule has 0 atom stereocenters. The molecule has 3 heterocycles. The first kappa shape index (κ1) is 26.4. The van der Waals surface area contributed by atoms with Crippen LogP contribution in [0.25, 0.3) is 16.9 Å². The van der Waals surface area contributed by atoms with Gasteiger partial charge in [-0.2, -0.15) is 5.10 Å². The van der Waals surface area contributed by atoms with Crippen LogP contribution >= 0.6 is 0 Å². The Hall–Kier alpha value is -5.23. The fraction of sp³-hybridized carbons (Fsp3) is 0.0714. The molecule has 5 rings (SSSR count). The summed E-state index contributed by atoms with van der Waals surface area (Å²) in [6.45, 7) is 0.219. The Kier molecular flexibility index (Phi) is 7.42. The minimum atomic E-state index is -1.00. The van der Waals surface area contributed by atoms with Crippen molar-refractivity contribution in [2.75, 3.05) is 11.9 Å². The summed E-state index contributed by atoms with van der Waals surface area (Å²) in [5.74, 6) is -3.70. The number of aliphatic hydroxyl groups excluding tert-OH is 1. The summed E-state index contributed by atoms with van der Waals surface area (Å²) in [6.07, 6.45) is 6.03. The molecule has 0 radical (unpaired) electrons. The van der Waals surface area contributed by atoms with Gasteiger partial charge in [0.05, 0.1) is 30.7 Å². The van der Waals surface area contributed by atoms with Crippen molar-refractivity contribution in [2.45, 2.75) is 6.54 Å². The van der Waals surface area contributed by atoms with Crippen molar-refractivity contribution < 1.29 is 27.8 Å². The molecule has 0 bridgehead atoms. The Balaban J connectivity index is 1.34. The molecule has 9 nitrogen and oxygen atoms in total. The van der Waals surface area contributed by atoms with E-state index in [-0.39, 0.29) is 17.9 Å². The second-order valence-electron chi connectivity index (χ2n) is 8.48. The standard InChI is InChI=1S/C28H20F3N5O4/c29-18-3-5-19(6-4-18)36-9-1-2-21(28(36)39)27(38)34-25-13-23(31)26(14-22(25)30)40-20-7-8-32-24(12-20)17-15-33-35(16-17)10-11-37/h1-9,12-16,37H,10-11H2,(H,34,38). The van der Waals surface area contributed by atoms with Crippen LogP contribution < -0.4 is 15.6 Å². The van der Waals surface area contributed by atoms with Gasteiger partial charge >= 0.3 is 0 Å². The highest BCUT2D eigenvalue weighted by Gasteiger charge is 2.18. The molecule has 0 aliphatic carbocycles. The van der Waals surface area contributed by atoms with Gasteiger partial charge in [0.15, 0.2) is 17.4 Å². The Labute approximate surface area is 224 Å². The lowest BCUT2D eigenvalue weighted by Crippen LogP contribution is -2.28. The van der Waals surface area contributed by atoms with Crippen molar-refractivity contribution >= 4 is 11.6 Å². The second kappa shape index (κ2) is 11.3. The summed E-state index contributed by atoms with van der Waals surface area (Å²) in [5.41, 5.74) is -0.166. The van der Waals surface area contributed by atoms with Crippen molar-refractivity contribution in [1.29, 1.82) is 0 Å². The maximum absolute atomic E-state index is 14.9. The van der Waals surface area contributed by atoms with E-state index in [2.05, 4.69) is 15.4 Å². The van der Waals surface area contributed by atoms with Gasteiger partial charge in [-0.3, -0.25) is 23.8 Å². The highest BCUT2D eigenvalue weighted by molar-refractivity contribution is 6.04. The molecule has 0 saturated heterocycles. The molecule has 5 aromatic rings. The van der Waals surface area contributed by atoms with Gasteiger partial charge in [0.25, 0.3) is 11.5 Å². The van der Waals surface area contributed by atoms with Crippen LogP contribution in [0.1, 0.15) is 10.4 Å². The molecular formula is C28H20F3N5O4. The fourth-order valence-corrected chi connectivity index (χ4v) is 3.84. The van der Waals surface area contributed by atoms with Gasteiger partial charge in [0.2, 0.25) is 0 Å². The second-order valence-corrected chi connectivity index (χ2v) is 8.48. The highest BCUT2D eigenvalue weighted by atomic mass is 19.1. The molecular weight excluding hydrogens is 527 g/mol. The molecule has 0 fully saturated rings. The lowest BCUT2D eigenvalue weighted by molar-refractivity contribution is 0.102. The summed E-state index contributed by atoms with van der Waals surface area (Å²) in [6, 6.07) is 12.2. The minimum Gasteiger partial charge on any atom is -0.454 e. The van der Waals surface area contributed by atoms with Crippen LogP contribution in [0, 0.1) is 17.5 Å². The van der Waals surface area contributed by atoms with E-state index < -0.39 is 40.4 Å². The zero-order chi connectivity index (χ0) is 28.2. The molecule has 3 aromatic heterocycles. The molecule has 2 aromatic carbocycles. The largest absolute Gasteiger partial charge is 0.454 e. The maximum atomic E-state index is 14.9. The Morgan fingerprint density at radius 2 is 1.82 bits per heavy atom. The number of carbonyl (C=O) groups is 1. The molecule has 0 spiro atoms. The number of nitrogens with zero attached hydrogens (tertiary/aromatic N) is 4. The summed E-state index contributed by atoms with van der Waals surface area (Å²) in [5, 5.41) is 15.4. The number of hydrogen-bond donors (Lipinski definition) is 2. The van der Waals surface area contributed by atoms with Gasteiger partial charge in [-0.1, -0.05) is 0 Å². The van der Waals surface area contributed by atoms with E-state index in [9.17, 15) is 22.8 Å². The number of rotatable bonds is 8. The van der Waals surface area contributed by atoms with Crippen LogP contribution in [0.15, 0.2) is 90.2 Å². The third-order valence-corrected chi connectivity index (χ3v) is 5.78. The first-order valence-corrected chi connectivity index (χ1v) is 11.9. The third-order valence-electron chi connectivity index (χ3n) is 5.78. The van der Waals surface area contributed by atoms with E-state index in [4.69, 9.17) is 9.84 Å². The molecule has 0 aliphatic rings. The molecule has 1 amide bonds. The molecule has 2 N–H and O–H groups in total. The molecule has 40 heavy (non-hydrogen) atoms. The average molecular weight is 547 g/mol. The molecule has 202 valence electrons. The topological polar surface area (TPSA) is 111 Å². The zero-order valence-electron chi connectivity index (χ0n) is 20.6. The quantitative estimate of drug-likeness (QED) is 0.295. The van der Waals surface area contributed by atoms with E-state index in [1.165, 1.54) is 53.5 Å². The first-order valence-electron chi connectivity index (χ1n) is 11.9. The lowest BCUT2D eigenvalue weighted by Gasteiger charge is -2.12. The van der Waals surface area contributed by atoms with E-state index in [0.717, 1.165) is 28.8 Å². The number of ether oxygens (including phenoxy) is 1.